The molecule has 4 aromatic rings. The molecule has 2 amide bonds. The molecule has 0 aliphatic heterocycles. The Kier molecular flexibility index (Phi) is 5.24. The van der Waals surface area contributed by atoms with Gasteiger partial charge < -0.3 is 11.1 Å². The lowest BCUT2D eigenvalue weighted by Gasteiger charge is -2.10. The molecule has 7 nitrogen and oxygen atoms in total. The van der Waals surface area contributed by atoms with Crippen LogP contribution in [0.5, 0.6) is 0 Å². The maximum Gasteiger partial charge on any atom is 0.280 e. The van der Waals surface area contributed by atoms with Crippen molar-refractivity contribution >= 4 is 39.1 Å². The molecule has 0 unspecified atom stereocenters. The number of thiophene rings is 1. The number of nitrogens with one attached hydrogen (secondary N) is 1. The van der Waals surface area contributed by atoms with Gasteiger partial charge in [0, 0.05) is 18.1 Å². The van der Waals surface area contributed by atoms with E-state index >= 15 is 0 Å². The van der Waals surface area contributed by atoms with E-state index in [1.165, 1.54) is 6.07 Å². The number of carbonyl (C=O) groups excluding carboxylic acids is 2. The summed E-state index contributed by atoms with van der Waals surface area (Å²) in [6, 6.07) is 11.7. The summed E-state index contributed by atoms with van der Waals surface area (Å²) >= 11 is 0.859. The normalized spacial score (nSPS) is 11.3. The van der Waals surface area contributed by atoms with Crippen molar-refractivity contribution in [3.63, 3.8) is 0 Å². The van der Waals surface area contributed by atoms with Gasteiger partial charge in [-0.15, -0.1) is 11.3 Å². The smallest absolute Gasteiger partial charge is 0.280 e. The van der Waals surface area contributed by atoms with Gasteiger partial charge in [-0.2, -0.15) is 5.10 Å². The first-order valence-corrected chi connectivity index (χ1v) is 10.0. The standard InChI is InChI=1S/C21H17F2N5O2S/c1-10-8-14(27-28(10)2)20(30)26-16-15-12(11-6-4-3-5-7-11)9-13(18(22)23)25-21(15)31-17(16)19(24)29/h3-9,18H,1-2H3,(H2,24,29)(H,26,30). The first-order valence-electron chi connectivity index (χ1n) is 9.19. The molecule has 0 spiro atoms. The molecule has 0 atom stereocenters. The van der Waals surface area contributed by atoms with Crippen LogP contribution in [0.15, 0.2) is 42.5 Å². The van der Waals surface area contributed by atoms with E-state index in [1.54, 1.807) is 55.1 Å². The summed E-state index contributed by atoms with van der Waals surface area (Å²) in [5.41, 5.74) is 7.20. The molecule has 31 heavy (non-hydrogen) atoms. The van der Waals surface area contributed by atoms with Gasteiger partial charge in [-0.1, -0.05) is 30.3 Å². The van der Waals surface area contributed by atoms with E-state index in [9.17, 15) is 18.4 Å². The number of hydrogen-bond donors (Lipinski definition) is 2. The topological polar surface area (TPSA) is 103 Å². The van der Waals surface area contributed by atoms with E-state index in [0.29, 0.717) is 16.5 Å². The molecule has 3 heterocycles. The maximum atomic E-state index is 13.5. The summed E-state index contributed by atoms with van der Waals surface area (Å²) in [5, 5.41) is 7.21. The lowest BCUT2D eigenvalue weighted by molar-refractivity contribution is 0.100. The quantitative estimate of drug-likeness (QED) is 0.482. The summed E-state index contributed by atoms with van der Waals surface area (Å²) in [7, 11) is 1.70. The highest BCUT2D eigenvalue weighted by atomic mass is 32.1. The number of fused-ring (bicyclic) bond motifs is 1. The number of alkyl halides is 2. The maximum absolute atomic E-state index is 13.5. The van der Waals surface area contributed by atoms with Crippen LogP contribution in [0.1, 0.15) is 38.0 Å². The number of aromatic nitrogens is 3. The van der Waals surface area contributed by atoms with E-state index in [1.807, 2.05) is 0 Å². The molecular weight excluding hydrogens is 424 g/mol. The number of carbonyl (C=O) groups is 2. The van der Waals surface area contributed by atoms with Crippen LogP contribution in [0.3, 0.4) is 0 Å². The van der Waals surface area contributed by atoms with Gasteiger partial charge in [-0.05, 0) is 30.2 Å². The van der Waals surface area contributed by atoms with Crippen molar-refractivity contribution in [1.29, 1.82) is 0 Å². The highest BCUT2D eigenvalue weighted by Gasteiger charge is 2.25. The Morgan fingerprint density at radius 1 is 1.19 bits per heavy atom. The fourth-order valence-corrected chi connectivity index (χ4v) is 4.23. The molecule has 158 valence electrons. The van der Waals surface area contributed by atoms with Crippen LogP contribution in [0.25, 0.3) is 21.3 Å². The molecular formula is C21H17F2N5O2S. The Morgan fingerprint density at radius 3 is 2.48 bits per heavy atom. The number of aryl methyl sites for hydroxylation is 2. The van der Waals surface area contributed by atoms with Crippen molar-refractivity contribution in [3.05, 3.63) is 64.4 Å². The number of benzene rings is 1. The van der Waals surface area contributed by atoms with Crippen LogP contribution < -0.4 is 11.1 Å². The third kappa shape index (κ3) is 3.77. The zero-order chi connectivity index (χ0) is 22.3. The van der Waals surface area contributed by atoms with E-state index in [2.05, 4.69) is 15.4 Å². The molecule has 0 radical (unpaired) electrons. The molecule has 0 saturated heterocycles. The van der Waals surface area contributed by atoms with Crippen LogP contribution in [0, 0.1) is 6.92 Å². The first-order chi connectivity index (χ1) is 14.8. The lowest BCUT2D eigenvalue weighted by atomic mass is 10.0. The summed E-state index contributed by atoms with van der Waals surface area (Å²) < 4.78 is 28.5. The van der Waals surface area contributed by atoms with E-state index in [-0.39, 0.29) is 21.1 Å². The van der Waals surface area contributed by atoms with Crippen molar-refractivity contribution in [2.45, 2.75) is 13.3 Å². The SMILES string of the molecule is Cc1cc(C(=O)Nc2c(C(N)=O)sc3nc(C(F)F)cc(-c4ccccc4)c23)nn1C. The number of amides is 2. The Balaban J connectivity index is 1.95. The van der Waals surface area contributed by atoms with Crippen molar-refractivity contribution in [1.82, 2.24) is 14.8 Å². The monoisotopic (exact) mass is 441 g/mol. The number of halogens is 2. The molecule has 0 bridgehead atoms. The Bertz CT molecular complexity index is 1300. The first kappa shape index (κ1) is 20.6. The second-order valence-electron chi connectivity index (χ2n) is 6.86. The Labute approximate surface area is 179 Å². The van der Waals surface area contributed by atoms with Crippen LogP contribution in [-0.2, 0) is 7.05 Å². The van der Waals surface area contributed by atoms with Crippen LogP contribution in [0.4, 0.5) is 14.5 Å². The van der Waals surface area contributed by atoms with Crippen molar-refractivity contribution in [2.75, 3.05) is 5.32 Å². The summed E-state index contributed by atoms with van der Waals surface area (Å²) in [4.78, 5) is 29.2. The molecule has 3 aromatic heterocycles. The van der Waals surface area contributed by atoms with Crippen molar-refractivity contribution in [2.24, 2.45) is 12.8 Å². The summed E-state index contributed by atoms with van der Waals surface area (Å²) in [5.74, 6) is -1.35. The number of hydrogen-bond acceptors (Lipinski definition) is 5. The second kappa shape index (κ2) is 7.88. The Morgan fingerprint density at radius 2 is 1.90 bits per heavy atom. The second-order valence-corrected chi connectivity index (χ2v) is 7.86. The third-order valence-electron chi connectivity index (χ3n) is 4.80. The van der Waals surface area contributed by atoms with Gasteiger partial charge in [0.25, 0.3) is 18.2 Å². The molecule has 3 N–H and O–H groups in total. The average Bonchev–Trinajstić information content (AvgIpc) is 3.28. The summed E-state index contributed by atoms with van der Waals surface area (Å²) in [6.07, 6.45) is -2.81. The van der Waals surface area contributed by atoms with Crippen molar-refractivity contribution < 1.29 is 18.4 Å². The van der Waals surface area contributed by atoms with Gasteiger partial charge in [0.05, 0.1) is 5.69 Å². The molecule has 4 rings (SSSR count). The van der Waals surface area contributed by atoms with Crippen molar-refractivity contribution in [3.8, 4) is 11.1 Å². The Hall–Kier alpha value is -3.66. The van der Waals surface area contributed by atoms with Gasteiger partial charge in [-0.25, -0.2) is 13.8 Å². The number of nitrogens with zero attached hydrogens (tertiary/aromatic N) is 3. The van der Waals surface area contributed by atoms with Crippen LogP contribution >= 0.6 is 11.3 Å². The van der Waals surface area contributed by atoms with Gasteiger partial charge in [-0.3, -0.25) is 14.3 Å². The van der Waals surface area contributed by atoms with Gasteiger partial charge in [0.1, 0.15) is 15.4 Å². The lowest BCUT2D eigenvalue weighted by Crippen LogP contribution is -2.17. The molecule has 1 aromatic carbocycles. The number of anilines is 1. The van der Waals surface area contributed by atoms with Crippen LogP contribution in [-0.4, -0.2) is 26.6 Å². The van der Waals surface area contributed by atoms with Gasteiger partial charge in [0.2, 0.25) is 0 Å². The highest BCUT2D eigenvalue weighted by Crippen LogP contribution is 2.42. The number of rotatable bonds is 5. The zero-order valence-corrected chi connectivity index (χ0v) is 17.3. The average molecular weight is 441 g/mol. The third-order valence-corrected chi connectivity index (χ3v) is 5.90. The highest BCUT2D eigenvalue weighted by molar-refractivity contribution is 7.21. The van der Waals surface area contributed by atoms with E-state index in [0.717, 1.165) is 17.0 Å². The molecule has 0 saturated carbocycles. The summed E-state index contributed by atoms with van der Waals surface area (Å²) in [6.45, 7) is 1.79. The minimum atomic E-state index is -2.81. The van der Waals surface area contributed by atoms with Crippen LogP contribution in [0.2, 0.25) is 0 Å². The van der Waals surface area contributed by atoms with Gasteiger partial charge in [0.15, 0.2) is 5.69 Å². The van der Waals surface area contributed by atoms with Gasteiger partial charge >= 0.3 is 0 Å². The molecule has 10 heteroatoms. The number of pyridine rings is 1. The largest absolute Gasteiger partial charge is 0.365 e. The number of primary amides is 1. The predicted molar refractivity (Wildman–Crippen MR) is 114 cm³/mol. The zero-order valence-electron chi connectivity index (χ0n) is 16.5. The fourth-order valence-electron chi connectivity index (χ4n) is 3.22. The van der Waals surface area contributed by atoms with E-state index in [4.69, 9.17) is 5.73 Å². The predicted octanol–water partition coefficient (Wildman–Crippen LogP) is 4.29. The molecule has 0 fully saturated rings. The fraction of sp³-hybridized carbons (Fsp3) is 0.143. The van der Waals surface area contributed by atoms with E-state index < -0.39 is 23.9 Å². The minimum absolute atomic E-state index is 0.0205. The minimum Gasteiger partial charge on any atom is -0.365 e. The molecule has 0 aliphatic carbocycles. The molecule has 0 aliphatic rings. The number of nitrogens with two attached hydrogens (primary N) is 1.